The van der Waals surface area contributed by atoms with E-state index in [0.717, 1.165) is 38.5 Å². The predicted molar refractivity (Wildman–Crippen MR) is 252 cm³/mol. The molecule has 0 aromatic carbocycles. The van der Waals surface area contributed by atoms with Crippen molar-refractivity contribution >= 4 is 19.8 Å². The monoisotopic (exact) mass is 866 g/mol. The molecule has 0 rings (SSSR count). The van der Waals surface area contributed by atoms with Gasteiger partial charge in [-0.1, -0.05) is 210 Å². The van der Waals surface area contributed by atoms with Crippen LogP contribution >= 0.6 is 7.82 Å². The number of nitrogens with two attached hydrogens (primary N) is 1. The maximum atomic E-state index is 12.6. The highest BCUT2D eigenvalue weighted by atomic mass is 31.2. The molecular formula is C50H92NO8P. The molecule has 350 valence electrons. The van der Waals surface area contributed by atoms with Gasteiger partial charge in [0.2, 0.25) is 0 Å². The molecule has 0 spiro atoms. The molecule has 0 radical (unpaired) electrons. The van der Waals surface area contributed by atoms with Gasteiger partial charge in [0.25, 0.3) is 0 Å². The summed E-state index contributed by atoms with van der Waals surface area (Å²) in [4.78, 5) is 35.0. The molecule has 60 heavy (non-hydrogen) atoms. The third-order valence-corrected chi connectivity index (χ3v) is 11.5. The van der Waals surface area contributed by atoms with Gasteiger partial charge in [0.15, 0.2) is 6.10 Å². The summed E-state index contributed by atoms with van der Waals surface area (Å²) >= 11 is 0. The van der Waals surface area contributed by atoms with E-state index >= 15 is 0 Å². The third-order valence-electron chi connectivity index (χ3n) is 10.5. The van der Waals surface area contributed by atoms with Crippen LogP contribution in [-0.4, -0.2) is 49.3 Å². The lowest BCUT2D eigenvalue weighted by Gasteiger charge is -2.19. The number of carbonyl (C=O) groups is 2. The Bertz CT molecular complexity index is 1120. The maximum absolute atomic E-state index is 12.6. The molecule has 0 aliphatic heterocycles. The Labute approximate surface area is 368 Å². The van der Waals surface area contributed by atoms with Gasteiger partial charge < -0.3 is 20.1 Å². The Morgan fingerprint density at radius 1 is 0.500 bits per heavy atom. The molecule has 0 saturated heterocycles. The number of unbranched alkanes of at least 4 members (excludes halogenated alkanes) is 25. The lowest BCUT2D eigenvalue weighted by Crippen LogP contribution is -2.29. The van der Waals surface area contributed by atoms with E-state index in [1.807, 2.05) is 6.08 Å². The van der Waals surface area contributed by atoms with Crippen molar-refractivity contribution in [2.45, 2.75) is 232 Å². The van der Waals surface area contributed by atoms with Gasteiger partial charge in [-0.15, -0.1) is 0 Å². The number of esters is 2. The van der Waals surface area contributed by atoms with Crippen LogP contribution in [0.4, 0.5) is 0 Å². The number of allylic oxidation sites excluding steroid dienone is 8. The molecule has 0 bridgehead atoms. The number of phosphoric acid groups is 1. The Hall–Kier alpha value is -2.03. The number of hydrogen-bond donors (Lipinski definition) is 2. The second kappa shape index (κ2) is 46.5. The standard InChI is InChI=1S/C50H92NO8P/c1-3-5-7-9-11-13-15-17-19-21-22-23-24-25-27-28-30-32-34-36-38-40-42-49(52)56-46-48(47-58-60(54,55)57-45-44-51)59-50(53)43-41-39-37-35-33-31-29-26-20-18-16-14-12-10-8-6-4-2/h12,14,18,20,29,31,35,37,48H,3-11,13,15-17,19,21-28,30,32-34,36,38-47,51H2,1-2H3,(H,54,55)/b14-12+,20-18+,31-29+,37-35+/t48-/m1/s1. The van der Waals surface area contributed by atoms with Gasteiger partial charge in [-0.05, 0) is 51.4 Å². The summed E-state index contributed by atoms with van der Waals surface area (Å²) in [5, 5.41) is 0. The van der Waals surface area contributed by atoms with Gasteiger partial charge in [0, 0.05) is 19.4 Å². The summed E-state index contributed by atoms with van der Waals surface area (Å²) in [5.41, 5.74) is 5.36. The van der Waals surface area contributed by atoms with E-state index in [0.29, 0.717) is 12.8 Å². The normalized spacial score (nSPS) is 13.6. The van der Waals surface area contributed by atoms with Gasteiger partial charge in [-0.2, -0.15) is 0 Å². The molecule has 2 atom stereocenters. The zero-order valence-electron chi connectivity index (χ0n) is 38.7. The van der Waals surface area contributed by atoms with Crippen LogP contribution in [0.25, 0.3) is 0 Å². The summed E-state index contributed by atoms with van der Waals surface area (Å²) in [6, 6.07) is 0. The predicted octanol–water partition coefficient (Wildman–Crippen LogP) is 14.7. The zero-order chi connectivity index (χ0) is 43.9. The van der Waals surface area contributed by atoms with Crippen molar-refractivity contribution in [3.63, 3.8) is 0 Å². The lowest BCUT2D eigenvalue weighted by atomic mass is 10.0. The largest absolute Gasteiger partial charge is 0.472 e. The minimum Gasteiger partial charge on any atom is -0.462 e. The van der Waals surface area contributed by atoms with Crippen molar-refractivity contribution in [3.05, 3.63) is 48.6 Å². The minimum absolute atomic E-state index is 0.0446. The number of rotatable bonds is 46. The second-order valence-electron chi connectivity index (χ2n) is 16.3. The van der Waals surface area contributed by atoms with Crippen LogP contribution < -0.4 is 5.73 Å². The van der Waals surface area contributed by atoms with Crippen molar-refractivity contribution in [2.75, 3.05) is 26.4 Å². The SMILES string of the molecule is CCCCC/C=C/C/C=C/C/C=C/C/C=C/CCCC(=O)O[C@H](COC(=O)CCCCCCCCCCCCCCCCCCCCCCCC)COP(=O)(O)OCCN. The van der Waals surface area contributed by atoms with Crippen molar-refractivity contribution in [1.82, 2.24) is 0 Å². The summed E-state index contributed by atoms with van der Waals surface area (Å²) < 4.78 is 32.8. The van der Waals surface area contributed by atoms with Crippen LogP contribution in [0.15, 0.2) is 48.6 Å². The zero-order valence-corrected chi connectivity index (χ0v) is 39.6. The van der Waals surface area contributed by atoms with Crippen LogP contribution in [0.2, 0.25) is 0 Å². The molecule has 3 N–H and O–H groups in total. The van der Waals surface area contributed by atoms with Crippen LogP contribution in [0, 0.1) is 0 Å². The van der Waals surface area contributed by atoms with E-state index in [2.05, 4.69) is 56.4 Å². The van der Waals surface area contributed by atoms with Gasteiger partial charge in [-0.3, -0.25) is 18.6 Å². The summed E-state index contributed by atoms with van der Waals surface area (Å²) in [5.74, 6) is -0.887. The first kappa shape index (κ1) is 58.0. The van der Waals surface area contributed by atoms with E-state index in [-0.39, 0.29) is 32.6 Å². The molecule has 10 heteroatoms. The van der Waals surface area contributed by atoms with E-state index in [1.54, 1.807) is 0 Å². The van der Waals surface area contributed by atoms with Gasteiger partial charge >= 0.3 is 19.8 Å². The third kappa shape index (κ3) is 45.5. The Balaban J connectivity index is 4.10. The average Bonchev–Trinajstić information content (AvgIpc) is 3.24. The first-order valence-corrected chi connectivity index (χ1v) is 26.1. The number of carbonyl (C=O) groups excluding carboxylic acids is 2. The fraction of sp³-hybridized carbons (Fsp3) is 0.800. The molecular weight excluding hydrogens is 774 g/mol. The van der Waals surface area contributed by atoms with E-state index in [4.69, 9.17) is 24.3 Å². The topological polar surface area (TPSA) is 134 Å². The van der Waals surface area contributed by atoms with Gasteiger partial charge in [-0.25, -0.2) is 4.57 Å². The summed E-state index contributed by atoms with van der Waals surface area (Å²) in [6.07, 6.45) is 54.5. The van der Waals surface area contributed by atoms with Crippen molar-refractivity contribution in [1.29, 1.82) is 0 Å². The van der Waals surface area contributed by atoms with Crippen LogP contribution in [0.1, 0.15) is 226 Å². The Kier molecular flexibility index (Phi) is 44.9. The first-order valence-electron chi connectivity index (χ1n) is 24.6. The molecule has 0 heterocycles. The Morgan fingerprint density at radius 2 is 0.883 bits per heavy atom. The molecule has 0 aromatic heterocycles. The fourth-order valence-electron chi connectivity index (χ4n) is 6.80. The molecule has 0 aromatic rings. The molecule has 0 aliphatic carbocycles. The van der Waals surface area contributed by atoms with E-state index < -0.39 is 32.5 Å². The smallest absolute Gasteiger partial charge is 0.462 e. The van der Waals surface area contributed by atoms with Crippen LogP contribution in [-0.2, 0) is 32.7 Å². The highest BCUT2D eigenvalue weighted by Crippen LogP contribution is 2.43. The van der Waals surface area contributed by atoms with E-state index in [1.165, 1.54) is 148 Å². The Morgan fingerprint density at radius 3 is 1.33 bits per heavy atom. The number of ether oxygens (including phenoxy) is 2. The number of phosphoric ester groups is 1. The summed E-state index contributed by atoms with van der Waals surface area (Å²) in [6.45, 7) is 3.67. The summed E-state index contributed by atoms with van der Waals surface area (Å²) in [7, 11) is -4.39. The quantitative estimate of drug-likeness (QED) is 0.0265. The van der Waals surface area contributed by atoms with Crippen LogP contribution in [0.3, 0.4) is 0 Å². The second-order valence-corrected chi connectivity index (χ2v) is 17.8. The van der Waals surface area contributed by atoms with Gasteiger partial charge in [0.05, 0.1) is 13.2 Å². The lowest BCUT2D eigenvalue weighted by molar-refractivity contribution is -0.161. The molecule has 1 unspecified atom stereocenters. The van der Waals surface area contributed by atoms with Crippen molar-refractivity contribution < 1.29 is 37.6 Å². The van der Waals surface area contributed by atoms with Crippen molar-refractivity contribution in [2.24, 2.45) is 5.73 Å². The number of hydrogen-bond acceptors (Lipinski definition) is 8. The maximum Gasteiger partial charge on any atom is 0.472 e. The molecule has 0 amide bonds. The van der Waals surface area contributed by atoms with E-state index in [9.17, 15) is 19.0 Å². The molecule has 9 nitrogen and oxygen atoms in total. The van der Waals surface area contributed by atoms with Crippen LogP contribution in [0.5, 0.6) is 0 Å². The molecule has 0 aliphatic rings. The average molecular weight is 866 g/mol. The minimum atomic E-state index is -4.39. The highest BCUT2D eigenvalue weighted by molar-refractivity contribution is 7.47. The molecule has 0 saturated carbocycles. The fourth-order valence-corrected chi connectivity index (χ4v) is 7.57. The van der Waals surface area contributed by atoms with Crippen molar-refractivity contribution in [3.8, 4) is 0 Å². The first-order chi connectivity index (χ1) is 29.3. The molecule has 0 fully saturated rings. The van der Waals surface area contributed by atoms with Gasteiger partial charge in [0.1, 0.15) is 6.61 Å². The highest BCUT2D eigenvalue weighted by Gasteiger charge is 2.26.